The first-order chi connectivity index (χ1) is 16.6. The van der Waals surface area contributed by atoms with E-state index in [-0.39, 0.29) is 26.4 Å². The number of rotatable bonds is 9. The molecule has 3 rings (SSSR count). The molecule has 1 N–H and O–H groups in total. The molecule has 0 unspecified atom stereocenters. The monoisotopic (exact) mass is 538 g/mol. The Labute approximate surface area is 214 Å². The number of amides is 1. The first-order valence-corrected chi connectivity index (χ1v) is 12.4. The van der Waals surface area contributed by atoms with E-state index in [9.17, 15) is 13.2 Å². The summed E-state index contributed by atoms with van der Waals surface area (Å²) in [6.45, 7) is 1.17. The standard InChI is InChI=1S/C24H24Cl2N2O6S/c1-15-5-8-21(33-3)23(9-15)35(30,31)28(18-11-16(25)10-17(26)12-18)14-24(29)27-20-7-6-19(32-2)13-22(20)34-4/h5-13H,14H2,1-4H3,(H,27,29). The zero-order valence-corrected chi connectivity index (χ0v) is 21.8. The van der Waals surface area contributed by atoms with E-state index >= 15 is 0 Å². The lowest BCUT2D eigenvalue weighted by Gasteiger charge is -2.25. The van der Waals surface area contributed by atoms with Crippen LogP contribution >= 0.6 is 23.2 Å². The number of methoxy groups -OCH3 is 3. The minimum absolute atomic E-state index is 0.106. The van der Waals surface area contributed by atoms with Crippen LogP contribution in [0.2, 0.25) is 10.0 Å². The Bertz CT molecular complexity index is 1330. The van der Waals surface area contributed by atoms with Crippen molar-refractivity contribution in [3.05, 3.63) is 70.2 Å². The number of halogens is 2. The number of sulfonamides is 1. The molecule has 11 heteroatoms. The van der Waals surface area contributed by atoms with Crippen LogP contribution in [0, 0.1) is 6.92 Å². The van der Waals surface area contributed by atoms with Crippen molar-refractivity contribution in [1.82, 2.24) is 0 Å². The number of nitrogens with zero attached hydrogens (tertiary/aromatic N) is 1. The molecular formula is C24H24Cl2N2O6S. The summed E-state index contributed by atoms with van der Waals surface area (Å²) in [4.78, 5) is 13.0. The summed E-state index contributed by atoms with van der Waals surface area (Å²) in [6.07, 6.45) is 0. The van der Waals surface area contributed by atoms with Crippen molar-refractivity contribution < 1.29 is 27.4 Å². The Hall–Kier alpha value is -3.14. The minimum atomic E-state index is -4.29. The Morgan fingerprint density at radius 3 is 2.14 bits per heavy atom. The van der Waals surface area contributed by atoms with Gasteiger partial charge in [0.15, 0.2) is 0 Å². The van der Waals surface area contributed by atoms with Gasteiger partial charge in [-0.15, -0.1) is 0 Å². The Balaban J connectivity index is 2.05. The second-order valence-electron chi connectivity index (χ2n) is 7.41. The van der Waals surface area contributed by atoms with Crippen LogP contribution in [-0.4, -0.2) is 42.2 Å². The molecule has 0 aromatic heterocycles. The predicted molar refractivity (Wildman–Crippen MR) is 137 cm³/mol. The predicted octanol–water partition coefficient (Wildman–Crippen LogP) is 5.16. The van der Waals surface area contributed by atoms with Crippen molar-refractivity contribution in [1.29, 1.82) is 0 Å². The molecule has 0 radical (unpaired) electrons. The number of carbonyl (C=O) groups is 1. The lowest BCUT2D eigenvalue weighted by molar-refractivity contribution is -0.114. The Morgan fingerprint density at radius 1 is 0.886 bits per heavy atom. The molecule has 0 heterocycles. The van der Waals surface area contributed by atoms with Crippen LogP contribution in [0.15, 0.2) is 59.5 Å². The van der Waals surface area contributed by atoms with Crippen molar-refractivity contribution in [2.24, 2.45) is 0 Å². The lowest BCUT2D eigenvalue weighted by Crippen LogP contribution is -2.38. The molecule has 0 saturated carbocycles. The summed E-state index contributed by atoms with van der Waals surface area (Å²) < 4.78 is 44.3. The second-order valence-corrected chi connectivity index (χ2v) is 10.1. The third-order valence-electron chi connectivity index (χ3n) is 4.99. The van der Waals surface area contributed by atoms with E-state index < -0.39 is 22.5 Å². The van der Waals surface area contributed by atoms with Gasteiger partial charge in [-0.3, -0.25) is 9.10 Å². The topological polar surface area (TPSA) is 94.2 Å². The van der Waals surface area contributed by atoms with E-state index in [1.165, 1.54) is 45.6 Å². The van der Waals surface area contributed by atoms with Crippen molar-refractivity contribution in [2.45, 2.75) is 11.8 Å². The van der Waals surface area contributed by atoms with Gasteiger partial charge in [0, 0.05) is 16.1 Å². The van der Waals surface area contributed by atoms with Crippen LogP contribution in [0.1, 0.15) is 5.56 Å². The SMILES string of the molecule is COc1ccc(NC(=O)CN(c2cc(Cl)cc(Cl)c2)S(=O)(=O)c2cc(C)ccc2OC)c(OC)c1. The van der Waals surface area contributed by atoms with Gasteiger partial charge in [-0.05, 0) is 55.0 Å². The average Bonchev–Trinajstić information content (AvgIpc) is 2.82. The third kappa shape index (κ3) is 6.11. The molecule has 8 nitrogen and oxygen atoms in total. The largest absolute Gasteiger partial charge is 0.497 e. The summed E-state index contributed by atoms with van der Waals surface area (Å²) in [7, 11) is 0.0294. The minimum Gasteiger partial charge on any atom is -0.497 e. The van der Waals surface area contributed by atoms with E-state index in [2.05, 4.69) is 5.32 Å². The zero-order valence-electron chi connectivity index (χ0n) is 19.5. The van der Waals surface area contributed by atoms with Gasteiger partial charge >= 0.3 is 0 Å². The highest BCUT2D eigenvalue weighted by Gasteiger charge is 2.31. The molecule has 1 amide bonds. The van der Waals surface area contributed by atoms with Gasteiger partial charge in [-0.1, -0.05) is 29.3 Å². The number of ether oxygens (including phenoxy) is 3. The molecule has 186 valence electrons. The number of hydrogen-bond acceptors (Lipinski definition) is 6. The first-order valence-electron chi connectivity index (χ1n) is 10.2. The zero-order chi connectivity index (χ0) is 25.8. The molecule has 0 aliphatic rings. The van der Waals surface area contributed by atoms with E-state index in [1.807, 2.05) is 0 Å². The molecule has 0 aliphatic carbocycles. The fourth-order valence-corrected chi connectivity index (χ4v) is 5.49. The summed E-state index contributed by atoms with van der Waals surface area (Å²) in [5.41, 5.74) is 1.15. The lowest BCUT2D eigenvalue weighted by atomic mass is 10.2. The fourth-order valence-electron chi connectivity index (χ4n) is 3.32. The van der Waals surface area contributed by atoms with Crippen LogP contribution < -0.4 is 23.8 Å². The summed E-state index contributed by atoms with van der Waals surface area (Å²) in [5, 5.41) is 3.10. The van der Waals surface area contributed by atoms with Crippen LogP contribution in [0.5, 0.6) is 17.2 Å². The maximum absolute atomic E-state index is 13.8. The van der Waals surface area contributed by atoms with Gasteiger partial charge in [0.05, 0.1) is 32.7 Å². The maximum Gasteiger partial charge on any atom is 0.268 e. The quantitative estimate of drug-likeness (QED) is 0.404. The molecule has 0 saturated heterocycles. The van der Waals surface area contributed by atoms with Gasteiger partial charge in [0.2, 0.25) is 5.91 Å². The number of hydrogen-bond donors (Lipinski definition) is 1. The molecule has 0 spiro atoms. The van der Waals surface area contributed by atoms with Crippen molar-refractivity contribution in [2.75, 3.05) is 37.5 Å². The van der Waals surface area contributed by atoms with E-state index in [4.69, 9.17) is 37.4 Å². The van der Waals surface area contributed by atoms with Crippen molar-refractivity contribution >= 4 is 50.5 Å². The Kier molecular flexibility index (Phi) is 8.37. The summed E-state index contributed by atoms with van der Waals surface area (Å²) in [5.74, 6) is 0.383. The van der Waals surface area contributed by atoms with Gasteiger partial charge < -0.3 is 19.5 Å². The van der Waals surface area contributed by atoms with Gasteiger partial charge in [0.1, 0.15) is 28.7 Å². The van der Waals surface area contributed by atoms with Gasteiger partial charge in [-0.25, -0.2) is 8.42 Å². The van der Waals surface area contributed by atoms with Crippen LogP contribution in [0.4, 0.5) is 11.4 Å². The number of carbonyl (C=O) groups excluding carboxylic acids is 1. The average molecular weight is 539 g/mol. The van der Waals surface area contributed by atoms with E-state index in [0.29, 0.717) is 22.7 Å². The molecule has 35 heavy (non-hydrogen) atoms. The van der Waals surface area contributed by atoms with E-state index in [0.717, 1.165) is 4.31 Å². The number of benzene rings is 3. The molecule has 3 aromatic rings. The number of aryl methyl sites for hydroxylation is 1. The molecule has 0 bridgehead atoms. The Morgan fingerprint density at radius 2 is 1.54 bits per heavy atom. The highest BCUT2D eigenvalue weighted by molar-refractivity contribution is 7.93. The molecule has 0 fully saturated rings. The van der Waals surface area contributed by atoms with Crippen molar-refractivity contribution in [3.63, 3.8) is 0 Å². The van der Waals surface area contributed by atoms with Gasteiger partial charge in [0.25, 0.3) is 10.0 Å². The normalized spacial score (nSPS) is 11.0. The van der Waals surface area contributed by atoms with Crippen LogP contribution in [-0.2, 0) is 14.8 Å². The summed E-state index contributed by atoms with van der Waals surface area (Å²) in [6, 6.07) is 13.9. The van der Waals surface area contributed by atoms with Crippen LogP contribution in [0.25, 0.3) is 0 Å². The highest BCUT2D eigenvalue weighted by Crippen LogP contribution is 2.34. The van der Waals surface area contributed by atoms with Gasteiger partial charge in [-0.2, -0.15) is 0 Å². The molecular weight excluding hydrogens is 515 g/mol. The molecule has 3 aromatic carbocycles. The second kappa shape index (κ2) is 11.1. The third-order valence-corrected chi connectivity index (χ3v) is 7.22. The first kappa shape index (κ1) is 26.5. The van der Waals surface area contributed by atoms with E-state index in [1.54, 1.807) is 37.3 Å². The smallest absolute Gasteiger partial charge is 0.268 e. The molecule has 0 aliphatic heterocycles. The highest BCUT2D eigenvalue weighted by atomic mass is 35.5. The number of anilines is 2. The molecule has 0 atom stereocenters. The fraction of sp³-hybridized carbons (Fsp3) is 0.208. The maximum atomic E-state index is 13.8. The van der Waals surface area contributed by atoms with Crippen molar-refractivity contribution in [3.8, 4) is 17.2 Å². The van der Waals surface area contributed by atoms with Crippen LogP contribution in [0.3, 0.4) is 0 Å². The summed E-state index contributed by atoms with van der Waals surface area (Å²) >= 11 is 12.3. The number of nitrogens with one attached hydrogen (secondary N) is 1.